The molecule has 0 spiro atoms. The second-order valence-electron chi connectivity index (χ2n) is 10.2. The first-order chi connectivity index (χ1) is 19.9. The quantitative estimate of drug-likeness (QED) is 0.335. The first-order valence-electron chi connectivity index (χ1n) is 12.9. The number of rotatable bonds is 7. The number of nitrogens with one attached hydrogen (secondary N) is 1. The zero-order chi connectivity index (χ0) is 30.3. The van der Waals surface area contributed by atoms with E-state index in [0.29, 0.717) is 33.9 Å². The number of aromatic nitrogens is 4. The van der Waals surface area contributed by atoms with Gasteiger partial charge in [0.25, 0.3) is 5.91 Å². The molecule has 10 nitrogen and oxygen atoms in total. The van der Waals surface area contributed by atoms with E-state index < -0.39 is 23.8 Å². The van der Waals surface area contributed by atoms with Crippen LogP contribution in [0.15, 0.2) is 48.8 Å². The molecule has 1 atom stereocenters. The molecule has 4 aromatic rings. The molecule has 5 rings (SSSR count). The van der Waals surface area contributed by atoms with Crippen molar-refractivity contribution in [2.24, 2.45) is 7.05 Å². The molecule has 1 amide bonds. The number of aryl methyl sites for hydroxylation is 1. The molecule has 1 aliphatic rings. The maximum absolute atomic E-state index is 14.2. The number of carbonyl (C=O) groups excluding carboxylic acids is 1. The summed E-state index contributed by atoms with van der Waals surface area (Å²) in [6.07, 6.45) is -4.44. The number of alkyl halides is 3. The lowest BCUT2D eigenvalue weighted by molar-refractivity contribution is -0.138. The summed E-state index contributed by atoms with van der Waals surface area (Å²) < 4.78 is 44.3. The fourth-order valence-electron chi connectivity index (χ4n) is 5.03. The molecule has 2 aromatic carbocycles. The molecule has 13 heteroatoms. The second-order valence-corrected chi connectivity index (χ2v) is 10.2. The molecule has 2 aromatic heterocycles. The number of pyridine rings is 1. The minimum absolute atomic E-state index is 0.00787. The lowest BCUT2D eigenvalue weighted by Crippen LogP contribution is -2.24. The summed E-state index contributed by atoms with van der Waals surface area (Å²) in [5.74, 6) is 0.344. The van der Waals surface area contributed by atoms with Crippen molar-refractivity contribution in [3.05, 3.63) is 76.6 Å². The average Bonchev–Trinajstić information content (AvgIpc) is 3.53. The molecule has 0 fully saturated rings. The van der Waals surface area contributed by atoms with Gasteiger partial charge in [-0.25, -0.2) is 4.98 Å². The van der Waals surface area contributed by atoms with Crippen LogP contribution in [0, 0.1) is 11.3 Å². The highest BCUT2D eigenvalue weighted by Gasteiger charge is 2.41. The lowest BCUT2D eigenvalue weighted by atomic mass is 9.96. The third-order valence-corrected chi connectivity index (χ3v) is 7.05. The number of aliphatic hydroxyl groups excluding tert-OH is 1. The predicted octanol–water partition coefficient (Wildman–Crippen LogP) is 4.23. The summed E-state index contributed by atoms with van der Waals surface area (Å²) in [7, 11) is 6.78. The summed E-state index contributed by atoms with van der Waals surface area (Å²) in [6, 6.07) is 12.8. The Labute approximate surface area is 239 Å². The summed E-state index contributed by atoms with van der Waals surface area (Å²) >= 11 is 0. The van der Waals surface area contributed by atoms with Crippen LogP contribution in [0.1, 0.15) is 38.7 Å². The summed E-state index contributed by atoms with van der Waals surface area (Å²) in [5, 5.41) is 31.2. The van der Waals surface area contributed by atoms with Crippen molar-refractivity contribution in [2.75, 3.05) is 37.9 Å². The van der Waals surface area contributed by atoms with Crippen LogP contribution < -0.4 is 10.2 Å². The van der Waals surface area contributed by atoms with Gasteiger partial charge in [0.15, 0.2) is 5.82 Å². The number of hydrogen-bond donors (Lipinski definition) is 2. The standard InChI is InChI=1S/C29H27F3N8O2/c1-34-25-10-17(19-6-5-16(12-33)7-20(19)27-37-35-15-39(27)4)11-26(36-25)40-13-22-21(28(40)42)8-18(24(41)14-38(2)3)9-23(22)29(30,31)32/h5-11,15,24,41H,13-14H2,1-4H3,(H,34,36)/t24-/m0/s1. The van der Waals surface area contributed by atoms with E-state index >= 15 is 0 Å². The molecule has 0 saturated carbocycles. The molecule has 0 bridgehead atoms. The maximum atomic E-state index is 14.2. The zero-order valence-electron chi connectivity index (χ0n) is 23.2. The first kappa shape index (κ1) is 28.7. The fourth-order valence-corrected chi connectivity index (χ4v) is 5.03. The van der Waals surface area contributed by atoms with Crippen molar-refractivity contribution in [3.8, 4) is 28.6 Å². The monoisotopic (exact) mass is 576 g/mol. The molecular weight excluding hydrogens is 549 g/mol. The topological polar surface area (TPSA) is 123 Å². The number of anilines is 2. The molecule has 216 valence electrons. The van der Waals surface area contributed by atoms with Crippen molar-refractivity contribution in [1.29, 1.82) is 5.26 Å². The number of halogens is 3. The van der Waals surface area contributed by atoms with Gasteiger partial charge in [0.05, 0.1) is 29.8 Å². The minimum Gasteiger partial charge on any atom is -0.387 e. The second kappa shape index (κ2) is 10.9. The Morgan fingerprint density at radius 2 is 1.90 bits per heavy atom. The van der Waals surface area contributed by atoms with Crippen molar-refractivity contribution in [2.45, 2.75) is 18.8 Å². The number of nitriles is 1. The van der Waals surface area contributed by atoms with Crippen LogP contribution in [0.25, 0.3) is 22.5 Å². The highest BCUT2D eigenvalue weighted by atomic mass is 19.4. The van der Waals surface area contributed by atoms with Crippen LogP contribution in [0.5, 0.6) is 0 Å². The summed E-state index contributed by atoms with van der Waals surface area (Å²) in [5.41, 5.74) is 0.978. The third-order valence-electron chi connectivity index (χ3n) is 7.05. The van der Waals surface area contributed by atoms with E-state index in [-0.39, 0.29) is 35.6 Å². The van der Waals surface area contributed by atoms with E-state index in [4.69, 9.17) is 0 Å². The average molecular weight is 577 g/mol. The largest absolute Gasteiger partial charge is 0.416 e. The van der Waals surface area contributed by atoms with Crippen LogP contribution in [0.2, 0.25) is 0 Å². The molecule has 0 saturated heterocycles. The molecule has 1 aliphatic heterocycles. The van der Waals surface area contributed by atoms with Crippen LogP contribution in [0.3, 0.4) is 0 Å². The Balaban J connectivity index is 1.63. The van der Waals surface area contributed by atoms with E-state index in [2.05, 4.69) is 26.6 Å². The third kappa shape index (κ3) is 5.29. The van der Waals surface area contributed by atoms with E-state index in [1.807, 2.05) is 0 Å². The van der Waals surface area contributed by atoms with Crippen LogP contribution in [-0.4, -0.2) is 63.3 Å². The molecule has 42 heavy (non-hydrogen) atoms. The number of likely N-dealkylation sites (N-methyl/N-ethyl adjacent to an activating group) is 1. The zero-order valence-corrected chi connectivity index (χ0v) is 23.2. The van der Waals surface area contributed by atoms with Gasteiger partial charge in [0.1, 0.15) is 18.0 Å². The van der Waals surface area contributed by atoms with Crippen molar-refractivity contribution >= 4 is 17.5 Å². The van der Waals surface area contributed by atoms with Gasteiger partial charge in [-0.1, -0.05) is 6.07 Å². The van der Waals surface area contributed by atoms with Gasteiger partial charge in [0, 0.05) is 31.8 Å². The van der Waals surface area contributed by atoms with Crippen molar-refractivity contribution < 1.29 is 23.1 Å². The Bertz CT molecular complexity index is 1730. The van der Waals surface area contributed by atoms with E-state index in [0.717, 1.165) is 6.07 Å². The Hall–Kier alpha value is -4.80. The predicted molar refractivity (Wildman–Crippen MR) is 149 cm³/mol. The van der Waals surface area contributed by atoms with Crippen molar-refractivity contribution in [1.82, 2.24) is 24.6 Å². The Kier molecular flexibility index (Phi) is 7.44. The highest BCUT2D eigenvalue weighted by molar-refractivity contribution is 6.10. The molecule has 2 N–H and O–H groups in total. The molecule has 3 heterocycles. The summed E-state index contributed by atoms with van der Waals surface area (Å²) in [6.45, 7) is -0.266. The number of fused-ring (bicyclic) bond motifs is 1. The van der Waals surface area contributed by atoms with Crippen LogP contribution in [-0.2, 0) is 19.8 Å². The van der Waals surface area contributed by atoms with Gasteiger partial charge in [-0.2, -0.15) is 18.4 Å². The molecular formula is C29H27F3N8O2. The van der Waals surface area contributed by atoms with Crippen LogP contribution >= 0.6 is 0 Å². The van der Waals surface area contributed by atoms with Gasteiger partial charge in [0.2, 0.25) is 0 Å². The van der Waals surface area contributed by atoms with Crippen molar-refractivity contribution in [3.63, 3.8) is 0 Å². The Morgan fingerprint density at radius 3 is 2.52 bits per heavy atom. The van der Waals surface area contributed by atoms with Gasteiger partial charge in [-0.3, -0.25) is 9.69 Å². The Morgan fingerprint density at radius 1 is 1.14 bits per heavy atom. The van der Waals surface area contributed by atoms with E-state index in [9.17, 15) is 28.3 Å². The molecule has 0 aliphatic carbocycles. The van der Waals surface area contributed by atoms with Crippen LogP contribution in [0.4, 0.5) is 24.8 Å². The number of amides is 1. The number of aliphatic hydroxyl groups is 1. The minimum atomic E-state index is -4.74. The van der Waals surface area contributed by atoms with E-state index in [1.165, 1.54) is 17.3 Å². The first-order valence-corrected chi connectivity index (χ1v) is 12.9. The van der Waals surface area contributed by atoms with Gasteiger partial charge in [-0.05, 0) is 72.7 Å². The summed E-state index contributed by atoms with van der Waals surface area (Å²) in [4.78, 5) is 21.0. The maximum Gasteiger partial charge on any atom is 0.416 e. The van der Waals surface area contributed by atoms with Gasteiger partial charge in [-0.15, -0.1) is 10.2 Å². The lowest BCUT2D eigenvalue weighted by Gasteiger charge is -2.19. The molecule has 0 radical (unpaired) electrons. The normalized spacial score (nSPS) is 13.8. The van der Waals surface area contributed by atoms with Gasteiger partial charge < -0.3 is 19.9 Å². The fraction of sp³-hybridized carbons (Fsp3) is 0.276. The SMILES string of the molecule is CNc1cc(-c2ccc(C#N)cc2-c2nncn2C)cc(N2Cc3c(cc([C@@H](O)CN(C)C)cc3C(F)(F)F)C2=O)n1. The highest BCUT2D eigenvalue weighted by Crippen LogP contribution is 2.41. The van der Waals surface area contributed by atoms with Gasteiger partial charge >= 0.3 is 6.18 Å². The number of benzene rings is 2. The number of hydrogen-bond acceptors (Lipinski definition) is 8. The molecule has 0 unspecified atom stereocenters. The smallest absolute Gasteiger partial charge is 0.387 e. The van der Waals surface area contributed by atoms with E-state index in [1.54, 1.807) is 68.0 Å². The number of nitrogens with zero attached hydrogens (tertiary/aromatic N) is 7. The number of carbonyl (C=O) groups is 1.